The van der Waals surface area contributed by atoms with Gasteiger partial charge in [0.1, 0.15) is 0 Å². The molecule has 0 amide bonds. The molecule has 2 heteroatoms. The Morgan fingerprint density at radius 3 is 2.60 bits per heavy atom. The molecule has 2 fully saturated rings. The molecule has 1 aliphatic carbocycles. The van der Waals surface area contributed by atoms with Gasteiger partial charge in [0.15, 0.2) is 0 Å². The maximum atomic E-state index is 6.06. The Kier molecular flexibility index (Phi) is 3.01. The Morgan fingerprint density at radius 2 is 1.80 bits per heavy atom. The minimum absolute atomic E-state index is 0.526. The van der Waals surface area contributed by atoms with Gasteiger partial charge in [0.2, 0.25) is 0 Å². The number of hydrogen-bond acceptors (Lipinski definition) is 2. The average molecular weight is 266 g/mol. The Bertz CT molecular complexity index is 612. The molecule has 104 valence electrons. The fourth-order valence-corrected chi connectivity index (χ4v) is 3.89. The zero-order valence-corrected chi connectivity index (χ0v) is 11.8. The lowest BCUT2D eigenvalue weighted by atomic mass is 9.90. The maximum Gasteiger partial charge on any atom is 0.0397 e. The van der Waals surface area contributed by atoms with E-state index >= 15 is 0 Å². The fourth-order valence-electron chi connectivity index (χ4n) is 3.89. The molecule has 2 nitrogen and oxygen atoms in total. The molecule has 1 aliphatic heterocycles. The standard InChI is InChI=1S/C18H22N2/c19-12-14-10-11-20(15-8-9-15)18(14)17-7-3-5-13-4-1-2-6-16(13)17/h1-7,14-15,18H,8-12,19H2. The van der Waals surface area contributed by atoms with Crippen LogP contribution in [0.2, 0.25) is 0 Å². The second-order valence-corrected chi connectivity index (χ2v) is 6.27. The van der Waals surface area contributed by atoms with Crippen LogP contribution in [0.1, 0.15) is 30.9 Å². The van der Waals surface area contributed by atoms with Crippen molar-refractivity contribution in [2.75, 3.05) is 13.1 Å². The van der Waals surface area contributed by atoms with Gasteiger partial charge in [-0.15, -0.1) is 0 Å². The molecule has 4 rings (SSSR count). The summed E-state index contributed by atoms with van der Waals surface area (Å²) in [5.41, 5.74) is 7.55. The molecule has 1 saturated carbocycles. The topological polar surface area (TPSA) is 29.3 Å². The molecule has 2 aromatic rings. The highest BCUT2D eigenvalue weighted by molar-refractivity contribution is 5.86. The third kappa shape index (κ3) is 1.95. The lowest BCUT2D eigenvalue weighted by Gasteiger charge is -2.29. The quantitative estimate of drug-likeness (QED) is 0.923. The Balaban J connectivity index is 1.83. The maximum absolute atomic E-state index is 6.06. The summed E-state index contributed by atoms with van der Waals surface area (Å²) in [6.07, 6.45) is 4.00. The highest BCUT2D eigenvalue weighted by Gasteiger charge is 2.42. The normalized spacial score (nSPS) is 27.2. The predicted molar refractivity (Wildman–Crippen MR) is 83.6 cm³/mol. The van der Waals surface area contributed by atoms with Gasteiger partial charge in [0, 0.05) is 12.1 Å². The molecule has 20 heavy (non-hydrogen) atoms. The van der Waals surface area contributed by atoms with E-state index in [2.05, 4.69) is 47.4 Å². The van der Waals surface area contributed by atoms with E-state index in [1.54, 1.807) is 0 Å². The molecule has 0 radical (unpaired) electrons. The summed E-state index contributed by atoms with van der Waals surface area (Å²) in [6, 6.07) is 16.8. The predicted octanol–water partition coefficient (Wildman–Crippen LogP) is 3.32. The van der Waals surface area contributed by atoms with Gasteiger partial charge in [0.25, 0.3) is 0 Å². The van der Waals surface area contributed by atoms with E-state index in [9.17, 15) is 0 Å². The summed E-state index contributed by atoms with van der Waals surface area (Å²) in [7, 11) is 0. The molecular weight excluding hydrogens is 244 g/mol. The number of benzene rings is 2. The minimum Gasteiger partial charge on any atom is -0.330 e. The summed E-state index contributed by atoms with van der Waals surface area (Å²) in [6.45, 7) is 2.03. The van der Waals surface area contributed by atoms with Crippen molar-refractivity contribution in [2.45, 2.75) is 31.3 Å². The molecule has 2 atom stereocenters. The summed E-state index contributed by atoms with van der Waals surface area (Å²) in [5.74, 6) is 0.612. The smallest absolute Gasteiger partial charge is 0.0397 e. The van der Waals surface area contributed by atoms with E-state index < -0.39 is 0 Å². The van der Waals surface area contributed by atoms with Crippen molar-refractivity contribution in [2.24, 2.45) is 11.7 Å². The van der Waals surface area contributed by atoms with Gasteiger partial charge in [0.05, 0.1) is 0 Å². The van der Waals surface area contributed by atoms with Gasteiger partial charge >= 0.3 is 0 Å². The van der Waals surface area contributed by atoms with E-state index in [1.165, 1.54) is 42.1 Å². The van der Waals surface area contributed by atoms with Crippen molar-refractivity contribution in [3.05, 3.63) is 48.0 Å². The van der Waals surface area contributed by atoms with Crippen molar-refractivity contribution in [3.8, 4) is 0 Å². The highest BCUT2D eigenvalue weighted by Crippen LogP contribution is 2.45. The van der Waals surface area contributed by atoms with Crippen molar-refractivity contribution < 1.29 is 0 Å². The number of rotatable bonds is 3. The summed E-state index contributed by atoms with van der Waals surface area (Å²) in [4.78, 5) is 2.72. The zero-order chi connectivity index (χ0) is 13.5. The van der Waals surface area contributed by atoms with Gasteiger partial charge < -0.3 is 5.73 Å². The molecule has 2 aromatic carbocycles. The van der Waals surface area contributed by atoms with Crippen LogP contribution in [-0.4, -0.2) is 24.0 Å². The molecule has 0 aromatic heterocycles. The third-order valence-electron chi connectivity index (χ3n) is 5.02. The van der Waals surface area contributed by atoms with Crippen LogP contribution in [0.15, 0.2) is 42.5 Å². The van der Waals surface area contributed by atoms with Crippen LogP contribution in [0.3, 0.4) is 0 Å². The van der Waals surface area contributed by atoms with Crippen LogP contribution in [-0.2, 0) is 0 Å². The lowest BCUT2D eigenvalue weighted by molar-refractivity contribution is 0.222. The zero-order valence-electron chi connectivity index (χ0n) is 11.8. The summed E-state index contributed by atoms with van der Waals surface area (Å²) >= 11 is 0. The molecule has 1 heterocycles. The second-order valence-electron chi connectivity index (χ2n) is 6.27. The van der Waals surface area contributed by atoms with Gasteiger partial charge in [-0.1, -0.05) is 42.5 Å². The largest absolute Gasteiger partial charge is 0.330 e. The molecule has 0 spiro atoms. The first kappa shape index (κ1) is 12.4. The van der Waals surface area contributed by atoms with Crippen LogP contribution in [0, 0.1) is 5.92 Å². The highest BCUT2D eigenvalue weighted by atomic mass is 15.2. The van der Waals surface area contributed by atoms with E-state index in [-0.39, 0.29) is 0 Å². The van der Waals surface area contributed by atoms with Gasteiger partial charge in [-0.3, -0.25) is 4.90 Å². The van der Waals surface area contributed by atoms with E-state index in [1.807, 2.05) is 0 Å². The van der Waals surface area contributed by atoms with E-state index in [0.717, 1.165) is 12.6 Å². The van der Waals surface area contributed by atoms with E-state index in [4.69, 9.17) is 5.73 Å². The first-order valence-corrected chi connectivity index (χ1v) is 7.82. The molecule has 0 bridgehead atoms. The minimum atomic E-state index is 0.526. The van der Waals surface area contributed by atoms with Crippen LogP contribution >= 0.6 is 0 Å². The summed E-state index contributed by atoms with van der Waals surface area (Å²) < 4.78 is 0. The second kappa shape index (κ2) is 4.87. The number of hydrogen-bond donors (Lipinski definition) is 1. The number of nitrogens with two attached hydrogens (primary N) is 1. The van der Waals surface area contributed by atoms with Crippen LogP contribution < -0.4 is 5.73 Å². The third-order valence-corrected chi connectivity index (χ3v) is 5.02. The van der Waals surface area contributed by atoms with Gasteiger partial charge in [-0.05, 0) is 54.6 Å². The van der Waals surface area contributed by atoms with Crippen molar-refractivity contribution in [1.29, 1.82) is 0 Å². The van der Waals surface area contributed by atoms with Gasteiger partial charge in [-0.2, -0.15) is 0 Å². The first-order valence-electron chi connectivity index (χ1n) is 7.82. The van der Waals surface area contributed by atoms with Crippen LogP contribution in [0.25, 0.3) is 10.8 Å². The fraction of sp³-hybridized carbons (Fsp3) is 0.444. The monoisotopic (exact) mass is 266 g/mol. The number of fused-ring (bicyclic) bond motifs is 1. The summed E-state index contributed by atoms with van der Waals surface area (Å²) in [5, 5.41) is 2.76. The lowest BCUT2D eigenvalue weighted by Crippen LogP contribution is -2.30. The average Bonchev–Trinajstić information content (AvgIpc) is 3.26. The molecule has 2 aliphatic rings. The Hall–Kier alpha value is -1.38. The Morgan fingerprint density at radius 1 is 1.00 bits per heavy atom. The van der Waals surface area contributed by atoms with Crippen LogP contribution in [0.5, 0.6) is 0 Å². The first-order chi connectivity index (χ1) is 9.88. The van der Waals surface area contributed by atoms with Crippen LogP contribution in [0.4, 0.5) is 0 Å². The number of nitrogens with zero attached hydrogens (tertiary/aromatic N) is 1. The van der Waals surface area contributed by atoms with Gasteiger partial charge in [-0.25, -0.2) is 0 Å². The molecule has 2 unspecified atom stereocenters. The molecule has 1 saturated heterocycles. The molecule has 2 N–H and O–H groups in total. The number of likely N-dealkylation sites (tertiary alicyclic amines) is 1. The van der Waals surface area contributed by atoms with E-state index in [0.29, 0.717) is 12.0 Å². The molecular formula is C18H22N2. The van der Waals surface area contributed by atoms with Crippen molar-refractivity contribution in [3.63, 3.8) is 0 Å². The van der Waals surface area contributed by atoms with Crippen molar-refractivity contribution >= 4 is 10.8 Å². The Labute approximate surface area is 120 Å². The van der Waals surface area contributed by atoms with Crippen molar-refractivity contribution in [1.82, 2.24) is 4.90 Å². The SMILES string of the molecule is NCC1CCN(C2CC2)C1c1cccc2ccccc12.